The zero-order valence-electron chi connectivity index (χ0n) is 25.5. The van der Waals surface area contributed by atoms with Gasteiger partial charge in [-0.1, -0.05) is 92.7 Å². The Morgan fingerprint density at radius 1 is 0.705 bits per heavy atom. The average molecular weight is 615 g/mol. The summed E-state index contributed by atoms with van der Waals surface area (Å²) >= 11 is 0. The van der Waals surface area contributed by atoms with Gasteiger partial charge in [0.05, 0.1) is 26.9 Å². The number of sulfone groups is 1. The zero-order chi connectivity index (χ0) is 31.7. The molecule has 0 amide bonds. The lowest BCUT2D eigenvalue weighted by atomic mass is 9.67. The van der Waals surface area contributed by atoms with Crippen molar-refractivity contribution in [2.45, 2.75) is 69.8 Å². The summed E-state index contributed by atoms with van der Waals surface area (Å²) in [5, 5.41) is -1.41. The molecule has 7 nitrogen and oxygen atoms in total. The molecule has 8 heteroatoms. The van der Waals surface area contributed by atoms with E-state index >= 15 is 4.79 Å². The van der Waals surface area contributed by atoms with Crippen LogP contribution in [0.2, 0.25) is 0 Å². The fraction of sp³-hybridized carbons (Fsp3) is 0.361. The van der Waals surface area contributed by atoms with Crippen molar-refractivity contribution >= 4 is 38.7 Å². The lowest BCUT2D eigenvalue weighted by molar-refractivity contribution is -0.202. The van der Waals surface area contributed by atoms with Gasteiger partial charge in [-0.2, -0.15) is 0 Å². The summed E-state index contributed by atoms with van der Waals surface area (Å²) in [6.07, 6.45) is -0.562. The van der Waals surface area contributed by atoms with E-state index in [9.17, 15) is 18.0 Å². The predicted octanol–water partition coefficient (Wildman–Crippen LogP) is 6.68. The van der Waals surface area contributed by atoms with Crippen LogP contribution in [-0.4, -0.2) is 37.7 Å². The fourth-order valence-corrected chi connectivity index (χ4v) is 9.73. The van der Waals surface area contributed by atoms with Crippen molar-refractivity contribution in [1.29, 1.82) is 0 Å². The summed E-state index contributed by atoms with van der Waals surface area (Å²) in [7, 11) is -4.27. The highest BCUT2D eigenvalue weighted by molar-refractivity contribution is 7.92. The van der Waals surface area contributed by atoms with E-state index in [1.165, 1.54) is 12.1 Å². The third-order valence-corrected chi connectivity index (χ3v) is 11.4. The molecule has 0 aliphatic heterocycles. The van der Waals surface area contributed by atoms with Crippen LogP contribution in [0.25, 0.3) is 11.1 Å². The van der Waals surface area contributed by atoms with E-state index < -0.39 is 50.1 Å². The quantitative estimate of drug-likeness (QED) is 0.175. The highest BCUT2D eigenvalue weighted by atomic mass is 32.2. The van der Waals surface area contributed by atoms with E-state index in [-0.39, 0.29) is 23.5 Å². The number of ether oxygens (including phenoxy) is 2. The van der Waals surface area contributed by atoms with Crippen LogP contribution in [0.5, 0.6) is 0 Å². The van der Waals surface area contributed by atoms with E-state index in [2.05, 4.69) is 0 Å². The van der Waals surface area contributed by atoms with Gasteiger partial charge in [-0.15, -0.1) is 0 Å². The molecule has 4 atom stereocenters. The number of esters is 2. The van der Waals surface area contributed by atoms with Crippen molar-refractivity contribution in [1.82, 2.24) is 0 Å². The number of ketones is 1. The molecule has 5 rings (SSSR count). The molecule has 1 saturated carbocycles. The molecule has 0 N–H and O–H groups in total. The molecular formula is C36H38O7S. The third kappa shape index (κ3) is 4.99. The first-order valence-corrected chi connectivity index (χ1v) is 16.7. The standard InChI is InChI=1S/C36H38O7S/c1-5-16-27(37)42-33(43-28(38)17-6-2)31-32(44(40,41)26-22-14-9-15-23-26)36(4)30(25-20-12-8-13-21-25)29(35(31,3)34(36)39)24-18-10-7-11-19-24/h7-15,18-23,31-33H,5-6,16-17H2,1-4H3/t31?,32?,35-,36-/m1/s1. The summed E-state index contributed by atoms with van der Waals surface area (Å²) in [5.41, 5.74) is -0.365. The van der Waals surface area contributed by atoms with Crippen LogP contribution < -0.4 is 0 Å². The Balaban J connectivity index is 1.86. The highest BCUT2D eigenvalue weighted by Gasteiger charge is 2.77. The van der Waals surface area contributed by atoms with E-state index in [4.69, 9.17) is 9.47 Å². The number of benzene rings is 3. The summed E-state index contributed by atoms with van der Waals surface area (Å²) in [6, 6.07) is 26.7. The number of rotatable bonds is 11. The minimum Gasteiger partial charge on any atom is -0.425 e. The second-order valence-electron chi connectivity index (χ2n) is 11.9. The Morgan fingerprint density at radius 3 is 1.55 bits per heavy atom. The van der Waals surface area contributed by atoms with E-state index in [1.54, 1.807) is 32.0 Å². The van der Waals surface area contributed by atoms with Crippen molar-refractivity contribution in [3.63, 3.8) is 0 Å². The van der Waals surface area contributed by atoms with Crippen molar-refractivity contribution in [3.8, 4) is 0 Å². The highest BCUT2D eigenvalue weighted by Crippen LogP contribution is 2.72. The maximum Gasteiger partial charge on any atom is 0.308 e. The van der Waals surface area contributed by atoms with Gasteiger partial charge in [0.1, 0.15) is 0 Å². The Bertz CT molecular complexity index is 1660. The number of fused-ring (bicyclic) bond motifs is 2. The normalized spacial score (nSPS) is 24.5. The maximum atomic E-state index is 15.0. The Morgan fingerprint density at radius 2 is 1.11 bits per heavy atom. The third-order valence-electron chi connectivity index (χ3n) is 9.02. The maximum absolute atomic E-state index is 15.0. The van der Waals surface area contributed by atoms with E-state index in [0.29, 0.717) is 24.0 Å². The van der Waals surface area contributed by atoms with Gasteiger partial charge in [0.15, 0.2) is 15.6 Å². The summed E-state index contributed by atoms with van der Waals surface area (Å²) in [4.78, 5) is 41.1. The Kier molecular flexibility index (Phi) is 8.67. The second kappa shape index (κ2) is 12.2. The van der Waals surface area contributed by atoms with Crippen molar-refractivity contribution in [3.05, 3.63) is 102 Å². The molecule has 1 fully saturated rings. The molecule has 3 aromatic rings. The van der Waals surface area contributed by atoms with Crippen LogP contribution >= 0.6 is 0 Å². The number of Topliss-reactive ketones (excluding diaryl/α,β-unsaturated/α-hetero) is 1. The zero-order valence-corrected chi connectivity index (χ0v) is 26.3. The summed E-state index contributed by atoms with van der Waals surface area (Å²) in [5.74, 6) is -2.81. The van der Waals surface area contributed by atoms with Crippen molar-refractivity contribution in [2.24, 2.45) is 16.7 Å². The molecule has 0 saturated heterocycles. The van der Waals surface area contributed by atoms with Crippen LogP contribution in [0.3, 0.4) is 0 Å². The largest absolute Gasteiger partial charge is 0.425 e. The lowest BCUT2D eigenvalue weighted by Crippen LogP contribution is -2.51. The topological polar surface area (TPSA) is 104 Å². The van der Waals surface area contributed by atoms with E-state index in [1.807, 2.05) is 74.5 Å². The first-order valence-electron chi connectivity index (χ1n) is 15.1. The number of hydrogen-bond donors (Lipinski definition) is 0. The number of carbonyl (C=O) groups is 3. The van der Waals surface area contributed by atoms with Gasteiger partial charge in [-0.25, -0.2) is 8.42 Å². The molecule has 44 heavy (non-hydrogen) atoms. The predicted molar refractivity (Wildman–Crippen MR) is 168 cm³/mol. The minimum absolute atomic E-state index is 0.0346. The summed E-state index contributed by atoms with van der Waals surface area (Å²) in [6.45, 7) is 7.02. The Hall–Kier alpha value is -4.04. The van der Waals surface area contributed by atoms with Crippen LogP contribution in [0.15, 0.2) is 95.9 Å². The van der Waals surface area contributed by atoms with Crippen LogP contribution in [0.4, 0.5) is 0 Å². The van der Waals surface area contributed by atoms with Gasteiger partial charge < -0.3 is 9.47 Å². The van der Waals surface area contributed by atoms with Crippen molar-refractivity contribution in [2.75, 3.05) is 0 Å². The van der Waals surface area contributed by atoms with Gasteiger partial charge in [-0.05, 0) is 61.1 Å². The van der Waals surface area contributed by atoms with Gasteiger partial charge in [-0.3, -0.25) is 14.4 Å². The van der Waals surface area contributed by atoms with Crippen molar-refractivity contribution < 1.29 is 32.3 Å². The molecular weight excluding hydrogens is 576 g/mol. The summed E-state index contributed by atoms with van der Waals surface area (Å²) < 4.78 is 41.4. The molecule has 2 aliphatic carbocycles. The smallest absolute Gasteiger partial charge is 0.308 e. The van der Waals surface area contributed by atoms with Gasteiger partial charge in [0.25, 0.3) is 6.29 Å². The first-order chi connectivity index (χ1) is 21.0. The number of hydrogen-bond acceptors (Lipinski definition) is 7. The van der Waals surface area contributed by atoms with Crippen LogP contribution in [0.1, 0.15) is 64.5 Å². The van der Waals surface area contributed by atoms with Gasteiger partial charge >= 0.3 is 11.9 Å². The monoisotopic (exact) mass is 614 g/mol. The Labute approximate surface area is 259 Å². The van der Waals surface area contributed by atoms with E-state index in [0.717, 1.165) is 11.1 Å². The van der Waals surface area contributed by atoms with Gasteiger partial charge in [0, 0.05) is 12.8 Å². The molecule has 2 unspecified atom stereocenters. The number of carbonyl (C=O) groups excluding carboxylic acids is 3. The average Bonchev–Trinajstić information content (AvgIpc) is 3.31. The molecule has 230 valence electrons. The minimum atomic E-state index is -4.27. The molecule has 3 aromatic carbocycles. The number of allylic oxidation sites excluding steroid dienone is 2. The first kappa shape index (κ1) is 31.4. The molecule has 0 radical (unpaired) electrons. The fourth-order valence-electron chi connectivity index (χ4n) is 7.27. The molecule has 2 aliphatic rings. The van der Waals surface area contributed by atoms with Crippen LogP contribution in [0, 0.1) is 16.7 Å². The van der Waals surface area contributed by atoms with Crippen LogP contribution in [-0.2, 0) is 33.7 Å². The molecule has 0 aromatic heterocycles. The second-order valence-corrected chi connectivity index (χ2v) is 13.9. The van der Waals surface area contributed by atoms with Gasteiger partial charge in [0.2, 0.25) is 0 Å². The molecule has 2 bridgehead atoms. The molecule has 0 spiro atoms. The molecule has 0 heterocycles. The SMILES string of the molecule is CCCC(=O)OC(OC(=O)CCC)C1C(S(=O)(=O)c2ccccc2)[C@]2(C)C(=O)[C@]1(C)C(c1ccccc1)=C2c1ccccc1. The lowest BCUT2D eigenvalue weighted by Gasteiger charge is -2.43.